The van der Waals surface area contributed by atoms with Crippen molar-refractivity contribution in [1.82, 2.24) is 10.6 Å². The van der Waals surface area contributed by atoms with Gasteiger partial charge in [-0.15, -0.1) is 0 Å². The number of rotatable bonds is 8. The number of nitrogens with one attached hydrogen (secondary N) is 2. The van der Waals surface area contributed by atoms with Crippen LogP contribution in [0.25, 0.3) is 0 Å². The van der Waals surface area contributed by atoms with Crippen LogP contribution in [0.2, 0.25) is 0 Å². The molecule has 0 radical (unpaired) electrons. The van der Waals surface area contributed by atoms with Gasteiger partial charge in [-0.05, 0) is 33.4 Å². The monoisotopic (exact) mass is 230 g/mol. The summed E-state index contributed by atoms with van der Waals surface area (Å²) in [5, 5.41) is 6.04. The maximum Gasteiger partial charge on any atom is 0.322 e. The molecule has 16 heavy (non-hydrogen) atoms. The predicted octanol–water partition coefficient (Wildman–Crippen LogP) is -0.0955. The van der Waals surface area contributed by atoms with Gasteiger partial charge in [0.25, 0.3) is 0 Å². The fraction of sp³-hybridized carbons (Fsp3) is 0.909. The zero-order chi connectivity index (χ0) is 12.0. The molecule has 0 spiro atoms. The van der Waals surface area contributed by atoms with Crippen molar-refractivity contribution in [3.63, 3.8) is 0 Å². The summed E-state index contributed by atoms with van der Waals surface area (Å²) in [7, 11) is 5.12. The van der Waals surface area contributed by atoms with Crippen LogP contribution in [0.5, 0.6) is 0 Å². The van der Waals surface area contributed by atoms with E-state index in [1.54, 1.807) is 7.05 Å². The van der Waals surface area contributed by atoms with Gasteiger partial charge >= 0.3 is 5.97 Å². The Hall–Kier alpha value is -0.650. The van der Waals surface area contributed by atoms with Crippen molar-refractivity contribution in [1.29, 1.82) is 0 Å². The second-order valence-corrected chi connectivity index (χ2v) is 4.07. The van der Waals surface area contributed by atoms with E-state index in [0.29, 0.717) is 12.2 Å². The lowest BCUT2D eigenvalue weighted by Crippen LogP contribution is -2.34. The standard InChI is InChI=1S/C11H22N2O3/c1-12-7-10-9(16-10)6-4-5-8(13-2)11(14)15-3/h8-10,12-13H,4-7H2,1-3H3. The Morgan fingerprint density at radius 1 is 1.44 bits per heavy atom. The van der Waals surface area contributed by atoms with E-state index in [1.165, 1.54) is 7.11 Å². The third-order valence-corrected chi connectivity index (χ3v) is 2.91. The molecule has 5 nitrogen and oxygen atoms in total. The Kier molecular flexibility index (Phi) is 5.73. The highest BCUT2D eigenvalue weighted by Gasteiger charge is 2.37. The van der Waals surface area contributed by atoms with Crippen LogP contribution >= 0.6 is 0 Å². The SMILES string of the molecule is CNCC1OC1CCCC(NC)C(=O)OC. The Morgan fingerprint density at radius 3 is 2.75 bits per heavy atom. The van der Waals surface area contributed by atoms with Crippen LogP contribution in [0.15, 0.2) is 0 Å². The quantitative estimate of drug-likeness (QED) is 0.450. The fourth-order valence-electron chi connectivity index (χ4n) is 1.86. The summed E-state index contributed by atoms with van der Waals surface area (Å²) in [4.78, 5) is 11.3. The van der Waals surface area contributed by atoms with E-state index in [-0.39, 0.29) is 12.0 Å². The van der Waals surface area contributed by atoms with E-state index in [1.807, 2.05) is 7.05 Å². The topological polar surface area (TPSA) is 62.9 Å². The molecule has 94 valence electrons. The van der Waals surface area contributed by atoms with Crippen LogP contribution in [0.4, 0.5) is 0 Å². The number of hydrogen-bond acceptors (Lipinski definition) is 5. The third kappa shape index (κ3) is 4.08. The minimum absolute atomic E-state index is 0.188. The Morgan fingerprint density at radius 2 is 2.19 bits per heavy atom. The van der Waals surface area contributed by atoms with Gasteiger partial charge in [-0.2, -0.15) is 0 Å². The van der Waals surface area contributed by atoms with Gasteiger partial charge in [-0.25, -0.2) is 0 Å². The lowest BCUT2D eigenvalue weighted by Gasteiger charge is -2.12. The van der Waals surface area contributed by atoms with Crippen molar-refractivity contribution in [2.45, 2.75) is 37.5 Å². The molecule has 0 aromatic carbocycles. The van der Waals surface area contributed by atoms with Gasteiger partial charge in [0, 0.05) is 6.54 Å². The molecule has 1 saturated heterocycles. The highest BCUT2D eigenvalue weighted by Crippen LogP contribution is 2.26. The van der Waals surface area contributed by atoms with E-state index in [4.69, 9.17) is 9.47 Å². The Labute approximate surface area is 96.9 Å². The maximum absolute atomic E-state index is 11.3. The number of esters is 1. The molecule has 3 unspecified atom stereocenters. The van der Waals surface area contributed by atoms with Gasteiger partial charge in [-0.1, -0.05) is 0 Å². The molecule has 0 bridgehead atoms. The lowest BCUT2D eigenvalue weighted by atomic mass is 10.1. The number of ether oxygens (including phenoxy) is 2. The van der Waals surface area contributed by atoms with Crippen molar-refractivity contribution in [3.8, 4) is 0 Å². The number of carbonyl (C=O) groups excluding carboxylic acids is 1. The molecular weight excluding hydrogens is 208 g/mol. The highest BCUT2D eigenvalue weighted by atomic mass is 16.6. The van der Waals surface area contributed by atoms with Crippen LogP contribution in [0.1, 0.15) is 19.3 Å². The van der Waals surface area contributed by atoms with Crippen molar-refractivity contribution < 1.29 is 14.3 Å². The lowest BCUT2D eigenvalue weighted by molar-refractivity contribution is -0.143. The second-order valence-electron chi connectivity index (χ2n) is 4.07. The first kappa shape index (κ1) is 13.4. The van der Waals surface area contributed by atoms with Gasteiger partial charge in [0.15, 0.2) is 0 Å². The number of carbonyl (C=O) groups is 1. The fourth-order valence-corrected chi connectivity index (χ4v) is 1.86. The molecule has 0 aliphatic carbocycles. The molecule has 2 N–H and O–H groups in total. The molecular formula is C11H22N2O3. The Bertz CT molecular complexity index is 223. The van der Waals surface area contributed by atoms with Gasteiger partial charge in [0.05, 0.1) is 19.3 Å². The molecule has 1 aliphatic rings. The summed E-state index contributed by atoms with van der Waals surface area (Å²) in [6.07, 6.45) is 3.54. The number of epoxide rings is 1. The molecule has 0 saturated carbocycles. The van der Waals surface area contributed by atoms with E-state index in [9.17, 15) is 4.79 Å². The van der Waals surface area contributed by atoms with E-state index in [0.717, 1.165) is 25.8 Å². The van der Waals surface area contributed by atoms with Crippen molar-refractivity contribution in [2.75, 3.05) is 27.7 Å². The molecule has 3 atom stereocenters. The minimum atomic E-state index is -0.189. The molecule has 5 heteroatoms. The first-order valence-corrected chi connectivity index (χ1v) is 5.78. The van der Waals surface area contributed by atoms with Crippen LogP contribution in [-0.4, -0.2) is 52.0 Å². The van der Waals surface area contributed by atoms with Gasteiger partial charge in [0.1, 0.15) is 6.04 Å². The number of likely N-dealkylation sites (N-methyl/N-ethyl adjacent to an activating group) is 2. The molecule has 0 aromatic heterocycles. The van der Waals surface area contributed by atoms with Gasteiger partial charge in [0.2, 0.25) is 0 Å². The van der Waals surface area contributed by atoms with Crippen LogP contribution in [-0.2, 0) is 14.3 Å². The summed E-state index contributed by atoms with van der Waals surface area (Å²) < 4.78 is 10.2. The molecule has 1 aliphatic heterocycles. The van der Waals surface area contributed by atoms with Crippen molar-refractivity contribution in [2.24, 2.45) is 0 Å². The first-order chi connectivity index (χ1) is 7.72. The average molecular weight is 230 g/mol. The molecule has 1 rings (SSSR count). The maximum atomic E-state index is 11.3. The first-order valence-electron chi connectivity index (χ1n) is 5.78. The largest absolute Gasteiger partial charge is 0.468 e. The van der Waals surface area contributed by atoms with Crippen LogP contribution in [0, 0.1) is 0 Å². The smallest absolute Gasteiger partial charge is 0.322 e. The summed E-state index contributed by atoms with van der Waals surface area (Å²) >= 11 is 0. The van der Waals surface area contributed by atoms with Crippen LogP contribution in [0.3, 0.4) is 0 Å². The zero-order valence-electron chi connectivity index (χ0n) is 10.3. The Balaban J connectivity index is 2.08. The molecule has 0 aromatic rings. The van der Waals surface area contributed by atoms with Gasteiger partial charge in [-0.3, -0.25) is 4.79 Å². The third-order valence-electron chi connectivity index (χ3n) is 2.91. The zero-order valence-corrected chi connectivity index (χ0v) is 10.3. The molecule has 1 fully saturated rings. The normalized spacial score (nSPS) is 25.2. The average Bonchev–Trinajstić information content (AvgIpc) is 3.02. The van der Waals surface area contributed by atoms with Crippen LogP contribution < -0.4 is 10.6 Å². The van der Waals surface area contributed by atoms with Crippen molar-refractivity contribution >= 4 is 5.97 Å². The number of hydrogen-bond donors (Lipinski definition) is 2. The minimum Gasteiger partial charge on any atom is -0.468 e. The predicted molar refractivity (Wildman–Crippen MR) is 61.3 cm³/mol. The van der Waals surface area contributed by atoms with E-state index < -0.39 is 0 Å². The summed E-state index contributed by atoms with van der Waals surface area (Å²) in [5.41, 5.74) is 0. The number of methoxy groups -OCH3 is 1. The molecule has 0 amide bonds. The van der Waals surface area contributed by atoms with Gasteiger partial charge < -0.3 is 20.1 Å². The van der Waals surface area contributed by atoms with E-state index in [2.05, 4.69) is 10.6 Å². The van der Waals surface area contributed by atoms with Crippen molar-refractivity contribution in [3.05, 3.63) is 0 Å². The molecule has 1 heterocycles. The second kappa shape index (κ2) is 6.83. The highest BCUT2D eigenvalue weighted by molar-refractivity contribution is 5.75. The summed E-state index contributed by atoms with van der Waals surface area (Å²) in [5.74, 6) is -0.189. The summed E-state index contributed by atoms with van der Waals surface area (Å²) in [6, 6.07) is -0.188. The van der Waals surface area contributed by atoms with E-state index >= 15 is 0 Å². The summed E-state index contributed by atoms with van der Waals surface area (Å²) in [6.45, 7) is 0.914.